The molecule has 3 rings (SSSR count). The van der Waals surface area contributed by atoms with Crippen molar-refractivity contribution in [2.45, 2.75) is 72.0 Å². The van der Waals surface area contributed by atoms with Crippen molar-refractivity contribution >= 4 is 23.3 Å². The molecule has 0 aliphatic carbocycles. The second-order valence-corrected chi connectivity index (χ2v) is 11.5. The fourth-order valence-corrected chi connectivity index (χ4v) is 4.17. The molecule has 0 aromatic heterocycles. The summed E-state index contributed by atoms with van der Waals surface area (Å²) in [6, 6.07) is 11.7. The minimum Gasteiger partial charge on any atom is -0.456 e. The zero-order valence-electron chi connectivity index (χ0n) is 22.5. The van der Waals surface area contributed by atoms with Crippen LogP contribution in [0.15, 0.2) is 36.4 Å². The number of rotatable bonds is 6. The average molecular weight is 481 g/mol. The van der Waals surface area contributed by atoms with Gasteiger partial charge in [0.05, 0.1) is 11.1 Å². The summed E-state index contributed by atoms with van der Waals surface area (Å²) in [6.07, 6.45) is 2.64. The third-order valence-electron chi connectivity index (χ3n) is 5.67. The van der Waals surface area contributed by atoms with Gasteiger partial charge in [0.2, 0.25) is 0 Å². The molecule has 2 aromatic carbocycles. The number of fused-ring (bicyclic) bond motifs is 2. The predicted octanol–water partition coefficient (Wildman–Crippen LogP) is 5.79. The maximum atomic E-state index is 12.9. The minimum atomic E-state index is -0.565. The zero-order chi connectivity index (χ0) is 26.0. The molecule has 6 heteroatoms. The highest BCUT2D eigenvalue weighted by Gasteiger charge is 2.26. The van der Waals surface area contributed by atoms with E-state index in [1.165, 1.54) is 11.1 Å². The van der Waals surface area contributed by atoms with Crippen molar-refractivity contribution in [3.05, 3.63) is 58.7 Å². The van der Waals surface area contributed by atoms with Crippen LogP contribution >= 0.6 is 0 Å². The van der Waals surface area contributed by atoms with Crippen LogP contribution in [-0.4, -0.2) is 55.2 Å². The topological polar surface area (TPSA) is 59.1 Å². The van der Waals surface area contributed by atoms with Gasteiger partial charge in [-0.1, -0.05) is 12.1 Å². The molecule has 0 saturated carbocycles. The van der Waals surface area contributed by atoms with Crippen LogP contribution in [-0.2, 0) is 22.3 Å². The van der Waals surface area contributed by atoms with Crippen LogP contribution in [0.4, 0.5) is 11.4 Å². The van der Waals surface area contributed by atoms with Gasteiger partial charge in [0.25, 0.3) is 0 Å². The Hall–Kier alpha value is -2.86. The van der Waals surface area contributed by atoms with Gasteiger partial charge in [-0.25, -0.2) is 9.59 Å². The third-order valence-corrected chi connectivity index (χ3v) is 5.67. The highest BCUT2D eigenvalue weighted by atomic mass is 16.6. The van der Waals surface area contributed by atoms with Crippen LogP contribution in [0.1, 0.15) is 79.8 Å². The molecule has 0 atom stereocenters. The van der Waals surface area contributed by atoms with E-state index in [4.69, 9.17) is 9.47 Å². The zero-order valence-corrected chi connectivity index (χ0v) is 22.5. The summed E-state index contributed by atoms with van der Waals surface area (Å²) >= 11 is 0. The van der Waals surface area contributed by atoms with Crippen molar-refractivity contribution in [3.8, 4) is 0 Å². The number of anilines is 2. The quantitative estimate of drug-likeness (QED) is 0.488. The summed E-state index contributed by atoms with van der Waals surface area (Å²) in [4.78, 5) is 30.1. The van der Waals surface area contributed by atoms with E-state index in [0.717, 1.165) is 43.7 Å². The van der Waals surface area contributed by atoms with E-state index < -0.39 is 11.2 Å². The molecule has 0 N–H and O–H groups in total. The first-order valence-corrected chi connectivity index (χ1v) is 12.4. The summed E-state index contributed by atoms with van der Waals surface area (Å²) in [6.45, 7) is 12.9. The number of esters is 2. The SMILES string of the molecule is CN(C)CCCN1c2cc(C(=O)OC(C)(C)C)ccc2CCc2ccc(C(=O)OC(C)(C)C)cc21. The Morgan fingerprint density at radius 3 is 1.60 bits per heavy atom. The second kappa shape index (κ2) is 10.4. The number of benzene rings is 2. The molecule has 35 heavy (non-hydrogen) atoms. The van der Waals surface area contributed by atoms with E-state index >= 15 is 0 Å². The highest BCUT2D eigenvalue weighted by Crippen LogP contribution is 2.38. The monoisotopic (exact) mass is 480 g/mol. The van der Waals surface area contributed by atoms with E-state index in [-0.39, 0.29) is 11.9 Å². The molecule has 1 aliphatic heterocycles. The van der Waals surface area contributed by atoms with Gasteiger partial charge in [0.15, 0.2) is 0 Å². The van der Waals surface area contributed by atoms with Crippen LogP contribution in [0.25, 0.3) is 0 Å². The molecule has 1 heterocycles. The lowest BCUT2D eigenvalue weighted by atomic mass is 10.0. The smallest absolute Gasteiger partial charge is 0.338 e. The molecule has 0 fully saturated rings. The molecule has 0 spiro atoms. The van der Waals surface area contributed by atoms with E-state index in [2.05, 4.69) is 23.9 Å². The molecular formula is C29H40N2O4. The maximum absolute atomic E-state index is 12.9. The number of hydrogen-bond acceptors (Lipinski definition) is 6. The van der Waals surface area contributed by atoms with Gasteiger partial charge in [-0.15, -0.1) is 0 Å². The summed E-state index contributed by atoms with van der Waals surface area (Å²) in [5, 5.41) is 0. The number of carbonyl (C=O) groups is 2. The lowest BCUT2D eigenvalue weighted by molar-refractivity contribution is 0.00571. The fraction of sp³-hybridized carbons (Fsp3) is 0.517. The van der Waals surface area contributed by atoms with Gasteiger partial charge in [-0.3, -0.25) is 0 Å². The first-order chi connectivity index (χ1) is 16.2. The Morgan fingerprint density at radius 1 is 0.800 bits per heavy atom. The van der Waals surface area contributed by atoms with E-state index in [1.807, 2.05) is 77.9 Å². The predicted molar refractivity (Wildman–Crippen MR) is 141 cm³/mol. The second-order valence-electron chi connectivity index (χ2n) is 11.5. The lowest BCUT2D eigenvalue weighted by Crippen LogP contribution is -2.26. The molecule has 0 bridgehead atoms. The van der Waals surface area contributed by atoms with Gasteiger partial charge >= 0.3 is 11.9 Å². The van der Waals surface area contributed by atoms with Crippen LogP contribution < -0.4 is 4.90 Å². The first kappa shape index (κ1) is 26.7. The average Bonchev–Trinajstić information content (AvgIpc) is 2.87. The molecule has 190 valence electrons. The Morgan fingerprint density at radius 2 is 1.23 bits per heavy atom. The van der Waals surface area contributed by atoms with Gasteiger partial charge in [0.1, 0.15) is 11.2 Å². The largest absolute Gasteiger partial charge is 0.456 e. The molecule has 0 saturated heterocycles. The lowest BCUT2D eigenvalue weighted by Gasteiger charge is -2.29. The van der Waals surface area contributed by atoms with Gasteiger partial charge in [-0.2, -0.15) is 0 Å². The Balaban J connectivity index is 2.05. The van der Waals surface area contributed by atoms with Gasteiger partial charge in [-0.05, 0) is 117 Å². The number of ether oxygens (including phenoxy) is 2. The van der Waals surface area contributed by atoms with Crippen LogP contribution in [0.3, 0.4) is 0 Å². The number of carbonyl (C=O) groups excluding carboxylic acids is 2. The van der Waals surface area contributed by atoms with Crippen LogP contribution in [0.5, 0.6) is 0 Å². The third kappa shape index (κ3) is 7.31. The summed E-state index contributed by atoms with van der Waals surface area (Å²) < 4.78 is 11.3. The summed E-state index contributed by atoms with van der Waals surface area (Å²) in [7, 11) is 4.12. The van der Waals surface area contributed by atoms with Gasteiger partial charge in [0, 0.05) is 17.9 Å². The first-order valence-electron chi connectivity index (χ1n) is 12.4. The molecule has 6 nitrogen and oxygen atoms in total. The normalized spacial score (nSPS) is 13.7. The Bertz CT molecular complexity index is 998. The molecule has 0 unspecified atom stereocenters. The highest BCUT2D eigenvalue weighted by molar-refractivity contribution is 5.93. The van der Waals surface area contributed by atoms with Crippen molar-refractivity contribution in [1.82, 2.24) is 4.90 Å². The van der Waals surface area contributed by atoms with Crippen LogP contribution in [0.2, 0.25) is 0 Å². The Labute approximate surface area is 210 Å². The van der Waals surface area contributed by atoms with E-state index in [1.54, 1.807) is 0 Å². The van der Waals surface area contributed by atoms with E-state index in [9.17, 15) is 9.59 Å². The van der Waals surface area contributed by atoms with Crippen molar-refractivity contribution in [3.63, 3.8) is 0 Å². The van der Waals surface area contributed by atoms with Crippen molar-refractivity contribution < 1.29 is 19.1 Å². The molecule has 0 radical (unpaired) electrons. The molecular weight excluding hydrogens is 440 g/mol. The molecule has 2 aromatic rings. The standard InChI is InChI=1S/C29H40N2O4/c1-28(2,3)34-26(32)22-14-12-20-10-11-21-13-15-23(27(33)35-29(4,5)6)19-25(21)31(24(20)18-22)17-9-16-30(7)8/h12-15,18-19H,9-11,16-17H2,1-8H3. The summed E-state index contributed by atoms with van der Waals surface area (Å²) in [5.74, 6) is -0.666. The minimum absolute atomic E-state index is 0.333. The molecule has 1 aliphatic rings. The molecule has 0 amide bonds. The van der Waals surface area contributed by atoms with Crippen LogP contribution in [0, 0.1) is 0 Å². The Kier molecular flexibility index (Phi) is 7.95. The van der Waals surface area contributed by atoms with Gasteiger partial charge < -0.3 is 19.3 Å². The maximum Gasteiger partial charge on any atom is 0.338 e. The van der Waals surface area contributed by atoms with Crippen molar-refractivity contribution in [1.29, 1.82) is 0 Å². The van der Waals surface area contributed by atoms with Crippen molar-refractivity contribution in [2.75, 3.05) is 32.1 Å². The van der Waals surface area contributed by atoms with E-state index in [0.29, 0.717) is 11.1 Å². The number of aryl methyl sites for hydroxylation is 2. The summed E-state index contributed by atoms with van der Waals surface area (Å²) in [5.41, 5.74) is 4.27. The van der Waals surface area contributed by atoms with Crippen molar-refractivity contribution in [2.24, 2.45) is 0 Å². The number of nitrogens with zero attached hydrogens (tertiary/aromatic N) is 2. The fourth-order valence-electron chi connectivity index (χ4n) is 4.17. The number of hydrogen-bond donors (Lipinski definition) is 0.